The van der Waals surface area contributed by atoms with Crippen LogP contribution in [0.3, 0.4) is 0 Å². The highest BCUT2D eigenvalue weighted by Gasteiger charge is 2.49. The molecule has 4 heterocycles. The van der Waals surface area contributed by atoms with E-state index in [0.29, 0.717) is 76.8 Å². The quantitative estimate of drug-likeness (QED) is 0.0125. The van der Waals surface area contributed by atoms with Crippen molar-refractivity contribution >= 4 is 18.4 Å². The summed E-state index contributed by atoms with van der Waals surface area (Å²) in [4.78, 5) is 39.3. The Hall–Kier alpha value is -13.1. The summed E-state index contributed by atoms with van der Waals surface area (Å²) in [7, 11) is 15.4. The minimum absolute atomic E-state index is 0.000273. The van der Waals surface area contributed by atoms with Gasteiger partial charge in [0.25, 0.3) is 0 Å². The van der Waals surface area contributed by atoms with Crippen LogP contribution >= 0.6 is 0 Å². The van der Waals surface area contributed by atoms with E-state index in [0.717, 1.165) is 11.1 Å². The Morgan fingerprint density at radius 2 is 0.897 bits per heavy atom. The van der Waals surface area contributed by atoms with Gasteiger partial charge in [-0.3, -0.25) is 9.59 Å². The molecule has 0 aromatic heterocycles. The van der Waals surface area contributed by atoms with Crippen molar-refractivity contribution in [3.63, 3.8) is 0 Å². The summed E-state index contributed by atoms with van der Waals surface area (Å²) in [5.41, 5.74) is 4.52. The molecule has 724 valence electrons. The molecular formula is C101H110O35. The number of hydrogen-bond donors (Lipinski definition) is 11. The van der Waals surface area contributed by atoms with E-state index in [-0.39, 0.29) is 156 Å². The number of aliphatic hydroxyl groups is 10. The van der Waals surface area contributed by atoms with Gasteiger partial charge in [-0.15, -0.1) is 0 Å². The molecule has 136 heavy (non-hydrogen) atoms. The van der Waals surface area contributed by atoms with Gasteiger partial charge in [-0.25, -0.2) is 0 Å². The molecule has 2 saturated heterocycles. The highest BCUT2D eigenvalue weighted by atomic mass is 16.6. The molecule has 0 saturated carbocycles. The first-order chi connectivity index (χ1) is 66.0. The lowest BCUT2D eigenvalue weighted by Crippen LogP contribution is -2.34. The summed E-state index contributed by atoms with van der Waals surface area (Å²) in [6.45, 7) is -3.89. The Morgan fingerprint density at radius 3 is 1.44 bits per heavy atom. The van der Waals surface area contributed by atoms with Gasteiger partial charge in [0.15, 0.2) is 152 Å². The minimum Gasteiger partial charge on any atom is -0.504 e. The predicted octanol–water partition coefficient (Wildman–Crippen LogP) is 10.2. The fraction of sp³-hybridized carbons (Fsp3) is 0.376. The van der Waals surface area contributed by atoms with E-state index in [1.807, 2.05) is 30.3 Å². The third-order valence-electron chi connectivity index (χ3n) is 24.7. The Labute approximate surface area is 782 Å². The fourth-order valence-electron chi connectivity index (χ4n) is 17.6. The third kappa shape index (κ3) is 20.4. The van der Waals surface area contributed by atoms with Gasteiger partial charge in [0.2, 0.25) is 5.75 Å². The maximum Gasteiger partial charge on any atom is 0.205 e. The van der Waals surface area contributed by atoms with Gasteiger partial charge in [0.1, 0.15) is 42.4 Å². The summed E-state index contributed by atoms with van der Waals surface area (Å²) in [5.74, 6) is -0.697. The molecule has 17 atom stereocenters. The van der Waals surface area contributed by atoms with Gasteiger partial charge in [-0.05, 0) is 160 Å². The van der Waals surface area contributed by atoms with Crippen LogP contribution in [0.5, 0.6) is 115 Å². The molecule has 10 aromatic rings. The Bertz CT molecular complexity index is 5850. The van der Waals surface area contributed by atoms with Crippen LogP contribution in [0.25, 0.3) is 11.1 Å². The summed E-state index contributed by atoms with van der Waals surface area (Å²) >= 11 is 0. The second kappa shape index (κ2) is 44.6. The largest absolute Gasteiger partial charge is 0.504 e. The minimum atomic E-state index is -1.73. The molecule has 17 unspecified atom stereocenters. The van der Waals surface area contributed by atoms with E-state index in [9.17, 15) is 65.8 Å². The zero-order valence-electron chi connectivity index (χ0n) is 76.3. The van der Waals surface area contributed by atoms with Crippen LogP contribution in [0.2, 0.25) is 0 Å². The number of hydrogen-bond acceptors (Lipinski definition) is 35. The third-order valence-corrected chi connectivity index (χ3v) is 24.7. The molecule has 10 aromatic carbocycles. The van der Waals surface area contributed by atoms with Gasteiger partial charge in [-0.2, -0.15) is 0 Å². The number of phenolic OH excluding ortho intramolecular Hbond substituents is 1. The van der Waals surface area contributed by atoms with Crippen LogP contribution in [-0.4, -0.2) is 249 Å². The number of aliphatic hydroxyl groups excluding tert-OH is 10. The average Bonchev–Trinajstić information content (AvgIpc) is 1.20. The molecule has 11 N–H and O–H groups in total. The van der Waals surface area contributed by atoms with Crippen LogP contribution in [-0.2, 0) is 30.2 Å². The molecule has 0 amide bonds. The van der Waals surface area contributed by atoms with Gasteiger partial charge >= 0.3 is 0 Å². The molecule has 2 fully saturated rings. The molecular weight excluding hydrogens is 1770 g/mol. The molecule has 0 bridgehead atoms. The van der Waals surface area contributed by atoms with Crippen molar-refractivity contribution in [1.29, 1.82) is 0 Å². The van der Waals surface area contributed by atoms with Gasteiger partial charge in [-0.1, -0.05) is 48.5 Å². The van der Waals surface area contributed by atoms with Gasteiger partial charge in [0.05, 0.1) is 155 Å². The van der Waals surface area contributed by atoms with Crippen molar-refractivity contribution in [3.8, 4) is 126 Å². The van der Waals surface area contributed by atoms with Crippen molar-refractivity contribution in [2.75, 3.05) is 138 Å². The van der Waals surface area contributed by atoms with Crippen LogP contribution in [0.1, 0.15) is 121 Å². The molecule has 4 aliphatic rings. The summed E-state index contributed by atoms with van der Waals surface area (Å²) < 4.78 is 128. The van der Waals surface area contributed by atoms with Gasteiger partial charge in [0, 0.05) is 53.2 Å². The van der Waals surface area contributed by atoms with Crippen molar-refractivity contribution in [2.45, 2.75) is 97.6 Å². The normalized spacial score (nSPS) is 19.4. The number of rotatable bonds is 45. The topological polar surface area (TPSA) is 468 Å². The first-order valence-corrected chi connectivity index (χ1v) is 43.5. The number of ketones is 1. The molecule has 0 aliphatic carbocycles. The highest BCUT2D eigenvalue weighted by Crippen LogP contribution is 2.57. The van der Waals surface area contributed by atoms with E-state index < -0.39 is 131 Å². The van der Waals surface area contributed by atoms with Crippen LogP contribution in [0.4, 0.5) is 0 Å². The molecule has 0 spiro atoms. The lowest BCUT2D eigenvalue weighted by atomic mass is 9.85. The number of carbonyl (C=O) groups excluding carboxylic acids is 3. The predicted molar refractivity (Wildman–Crippen MR) is 485 cm³/mol. The molecule has 4 aliphatic heterocycles. The van der Waals surface area contributed by atoms with E-state index in [1.165, 1.54) is 149 Å². The van der Waals surface area contributed by atoms with Crippen LogP contribution in [0, 0.1) is 11.8 Å². The standard InChI is InChI=1S/C101H110O35/c1-116-72-21-16-56(34-78(72)118-3)95-68-49-128-96(69(68)50-127-95)57-17-24-75(81(35-57)121-6)133-89(47-109)94(115)55-15-23-74(80(33-55)120-5)131-86-39-60(38-85(125-10)101(86)130-62(41-103)42-104)98-90(48-110)135-99-65(30-59(37-84(99)124-9)91(112)66(43-105)52-12-19-70(111)77(31-52)117-2)63-29-53(13-20-71(63)134-98)93(114)88(46-108)132-76-25-18-58(36-82(76)122-7)97-67(44-106)64-27-51(28-83(123-8)100(64)136-97)26-61(40-102)129-73-22-14-54(32-79(73)119-4)92(113)87(45-107)126-11/h12-25,27-39,41,45,61-62,66-69,87-90,92-98,102,104-106,108-111,113-115H,26,40,42-44,46-50H2,1-11H3. The van der Waals surface area contributed by atoms with E-state index in [4.69, 9.17) is 99.5 Å². The van der Waals surface area contributed by atoms with E-state index in [1.54, 1.807) is 62.8 Å². The Kier molecular flexibility index (Phi) is 32.4. The first kappa shape index (κ1) is 98.9. The number of benzene rings is 10. The summed E-state index contributed by atoms with van der Waals surface area (Å²) in [6.07, 6.45) is -14.3. The zero-order valence-corrected chi connectivity index (χ0v) is 76.3. The smallest absolute Gasteiger partial charge is 0.205 e. The number of Topliss-reactive ketones (excluding diaryl/α,β-unsaturated/α-hetero) is 1. The number of fused-ring (bicyclic) bond motifs is 5. The monoisotopic (exact) mass is 1880 g/mol. The van der Waals surface area contributed by atoms with E-state index in [2.05, 4.69) is 0 Å². The maximum atomic E-state index is 15.1. The SMILES string of the molecule is COc1cc(C(CO)C(=O)c2cc(OC)c3c(c2)-c2cc(C(O)C(CO)Oc4ccc(C5Oc6c(OC)cc(CC(CO)Oc7ccc(C(O)C(C=O)OC)cc7OC)cc6C5CO)cc4OC)ccc2OC(c2cc(OC)c(OC(C=O)CO)c(Oc4ccc(C(O)C(CO)Oc5ccc(C6OCC7C(c8ccc(OC)c(OC)c8)OCC67)cc5OC)cc4OC)c2)C(CO)O3)ccc1O. The molecule has 0 radical (unpaired) electrons. The number of aldehydes is 2. The van der Waals surface area contributed by atoms with Crippen LogP contribution < -0.4 is 85.3 Å². The number of phenols is 1. The number of methoxy groups -OCH3 is 11. The van der Waals surface area contributed by atoms with Crippen molar-refractivity contribution in [1.82, 2.24) is 0 Å². The lowest BCUT2D eigenvalue weighted by Gasteiger charge is -2.33. The molecule has 35 heteroatoms. The zero-order chi connectivity index (χ0) is 96.9. The summed E-state index contributed by atoms with van der Waals surface area (Å²) in [6, 6.07) is 42.6. The van der Waals surface area contributed by atoms with Gasteiger partial charge < -0.3 is 160 Å². The average molecular weight is 1880 g/mol. The van der Waals surface area contributed by atoms with Crippen LogP contribution in [0.15, 0.2) is 164 Å². The fourth-order valence-corrected chi connectivity index (χ4v) is 17.6. The second-order valence-corrected chi connectivity index (χ2v) is 32.5. The number of carbonyl (C=O) groups is 3. The van der Waals surface area contributed by atoms with Crippen molar-refractivity contribution in [3.05, 3.63) is 225 Å². The number of ether oxygens (including phenoxy) is 21. The first-order valence-electron chi connectivity index (χ1n) is 43.5. The second-order valence-electron chi connectivity index (χ2n) is 32.5. The Morgan fingerprint density at radius 1 is 0.397 bits per heavy atom. The summed E-state index contributed by atoms with van der Waals surface area (Å²) in [5, 5.41) is 124. The molecule has 14 rings (SSSR count). The lowest BCUT2D eigenvalue weighted by molar-refractivity contribution is -0.123. The number of aromatic hydroxyl groups is 1. The Balaban J connectivity index is 0.759. The van der Waals surface area contributed by atoms with Crippen molar-refractivity contribution in [2.24, 2.45) is 11.8 Å². The van der Waals surface area contributed by atoms with E-state index >= 15 is 4.79 Å². The maximum absolute atomic E-state index is 15.1. The highest BCUT2D eigenvalue weighted by molar-refractivity contribution is 6.03. The molecule has 35 nitrogen and oxygen atoms in total. The van der Waals surface area contributed by atoms with Crippen molar-refractivity contribution < 1.29 is 170 Å².